The molecule has 1 aromatic heterocycles. The van der Waals surface area contributed by atoms with E-state index in [1.54, 1.807) is 15.6 Å². The van der Waals surface area contributed by atoms with Crippen LogP contribution in [-0.4, -0.2) is 43.8 Å². The summed E-state index contributed by atoms with van der Waals surface area (Å²) < 4.78 is 1.71. The molecule has 1 amide bonds. The minimum Gasteiger partial charge on any atom is -0.383 e. The van der Waals surface area contributed by atoms with Crippen molar-refractivity contribution in [3.8, 4) is 11.4 Å². The van der Waals surface area contributed by atoms with Gasteiger partial charge in [-0.3, -0.25) is 9.48 Å². The maximum absolute atomic E-state index is 13.1. The lowest BCUT2D eigenvalue weighted by Crippen LogP contribution is -2.34. The van der Waals surface area contributed by atoms with Crippen LogP contribution < -0.4 is 0 Å². The van der Waals surface area contributed by atoms with E-state index in [1.807, 2.05) is 63.4 Å². The molecule has 4 rings (SSSR count). The molecule has 1 N–H and O–H groups in total. The van der Waals surface area contributed by atoms with Crippen molar-refractivity contribution in [3.63, 3.8) is 0 Å². The number of nitrogens with zero attached hydrogens (tertiary/aromatic N) is 4. The average molecular weight is 376 g/mol. The molecule has 1 fully saturated rings. The van der Waals surface area contributed by atoms with Crippen LogP contribution in [0.3, 0.4) is 0 Å². The fourth-order valence-corrected chi connectivity index (χ4v) is 3.84. The highest BCUT2D eigenvalue weighted by Gasteiger charge is 2.40. The van der Waals surface area contributed by atoms with Crippen molar-refractivity contribution in [2.75, 3.05) is 13.1 Å². The van der Waals surface area contributed by atoms with Crippen LogP contribution in [0.2, 0.25) is 0 Å². The first-order valence-electron chi connectivity index (χ1n) is 9.43. The van der Waals surface area contributed by atoms with Gasteiger partial charge in [0.2, 0.25) is 0 Å². The second-order valence-electron chi connectivity index (χ2n) is 7.51. The molecule has 2 aromatic carbocycles. The summed E-state index contributed by atoms with van der Waals surface area (Å²) in [7, 11) is 1.84. The summed E-state index contributed by atoms with van der Waals surface area (Å²) in [5.74, 6) is 1.33. The fraction of sp³-hybridized carbons (Fsp3) is 0.318. The Hall–Kier alpha value is -2.99. The number of amides is 1. The smallest absolute Gasteiger partial charge is 0.253 e. The van der Waals surface area contributed by atoms with E-state index in [-0.39, 0.29) is 5.91 Å². The van der Waals surface area contributed by atoms with Gasteiger partial charge in [0.1, 0.15) is 11.4 Å². The van der Waals surface area contributed by atoms with Crippen molar-refractivity contribution >= 4 is 5.91 Å². The molecule has 6 heteroatoms. The molecule has 0 unspecified atom stereocenters. The van der Waals surface area contributed by atoms with Gasteiger partial charge in [-0.05, 0) is 43.5 Å². The maximum atomic E-state index is 13.1. The summed E-state index contributed by atoms with van der Waals surface area (Å²) in [4.78, 5) is 19.2. The first-order chi connectivity index (χ1) is 13.4. The number of rotatable bonds is 3. The molecule has 0 spiro atoms. The molecule has 28 heavy (non-hydrogen) atoms. The Morgan fingerprint density at radius 2 is 1.93 bits per heavy atom. The Morgan fingerprint density at radius 1 is 1.14 bits per heavy atom. The first kappa shape index (κ1) is 18.4. The summed E-state index contributed by atoms with van der Waals surface area (Å²) in [6.45, 7) is 4.70. The van der Waals surface area contributed by atoms with Gasteiger partial charge in [0.05, 0.1) is 6.54 Å². The maximum Gasteiger partial charge on any atom is 0.253 e. The molecule has 1 aliphatic heterocycles. The largest absolute Gasteiger partial charge is 0.383 e. The average Bonchev–Trinajstić information content (AvgIpc) is 3.25. The van der Waals surface area contributed by atoms with E-state index in [9.17, 15) is 9.90 Å². The third-order valence-electron chi connectivity index (χ3n) is 5.53. The second kappa shape index (κ2) is 6.87. The number of aryl methyl sites for hydroxylation is 3. The lowest BCUT2D eigenvalue weighted by molar-refractivity contribution is 0.0412. The zero-order valence-corrected chi connectivity index (χ0v) is 16.4. The van der Waals surface area contributed by atoms with Gasteiger partial charge in [-0.1, -0.05) is 36.4 Å². The molecule has 0 radical (unpaired) electrons. The number of hydrogen-bond acceptors (Lipinski definition) is 4. The highest BCUT2D eigenvalue weighted by molar-refractivity contribution is 5.95. The molecule has 2 heterocycles. The molecule has 6 nitrogen and oxygen atoms in total. The number of likely N-dealkylation sites (tertiary alicyclic amines) is 1. The normalized spacial score (nSPS) is 19.2. The predicted molar refractivity (Wildman–Crippen MR) is 107 cm³/mol. The molecule has 144 valence electrons. The van der Waals surface area contributed by atoms with Gasteiger partial charge < -0.3 is 10.0 Å². The van der Waals surface area contributed by atoms with Crippen LogP contribution in [0.4, 0.5) is 0 Å². The minimum atomic E-state index is -1.00. The second-order valence-corrected chi connectivity index (χ2v) is 7.51. The summed E-state index contributed by atoms with van der Waals surface area (Å²) in [5, 5.41) is 15.6. The van der Waals surface area contributed by atoms with Crippen LogP contribution in [0.15, 0.2) is 48.5 Å². The summed E-state index contributed by atoms with van der Waals surface area (Å²) in [6, 6.07) is 15.2. The monoisotopic (exact) mass is 376 g/mol. The van der Waals surface area contributed by atoms with Crippen LogP contribution in [0.5, 0.6) is 0 Å². The highest BCUT2D eigenvalue weighted by Crippen LogP contribution is 2.34. The van der Waals surface area contributed by atoms with Gasteiger partial charge in [0.15, 0.2) is 5.82 Å². The fourth-order valence-electron chi connectivity index (χ4n) is 3.84. The van der Waals surface area contributed by atoms with Crippen LogP contribution in [0.1, 0.15) is 33.7 Å². The number of aromatic nitrogens is 3. The summed E-state index contributed by atoms with van der Waals surface area (Å²) in [6.07, 6.45) is 0.532. The first-order valence-corrected chi connectivity index (χ1v) is 9.43. The Bertz CT molecular complexity index is 1020. The van der Waals surface area contributed by atoms with E-state index in [2.05, 4.69) is 10.1 Å². The number of hydrogen-bond donors (Lipinski definition) is 1. The molecule has 3 aromatic rings. The van der Waals surface area contributed by atoms with Crippen LogP contribution in [0.25, 0.3) is 11.4 Å². The van der Waals surface area contributed by atoms with Crippen LogP contribution in [-0.2, 0) is 12.6 Å². The van der Waals surface area contributed by atoms with Crippen molar-refractivity contribution < 1.29 is 9.90 Å². The van der Waals surface area contributed by atoms with Gasteiger partial charge >= 0.3 is 0 Å². The third kappa shape index (κ3) is 3.20. The zero-order valence-electron chi connectivity index (χ0n) is 16.4. The van der Waals surface area contributed by atoms with Crippen molar-refractivity contribution in [2.45, 2.75) is 25.9 Å². The van der Waals surface area contributed by atoms with Crippen molar-refractivity contribution in [3.05, 3.63) is 71.0 Å². The third-order valence-corrected chi connectivity index (χ3v) is 5.53. The van der Waals surface area contributed by atoms with E-state index in [4.69, 9.17) is 0 Å². The Kier molecular flexibility index (Phi) is 4.51. The van der Waals surface area contributed by atoms with Gasteiger partial charge in [0, 0.05) is 24.7 Å². The molecule has 1 aliphatic rings. The number of carbonyl (C=O) groups excluding carboxylic acids is 1. The quantitative estimate of drug-likeness (QED) is 0.763. The van der Waals surface area contributed by atoms with Gasteiger partial charge in [-0.25, -0.2) is 4.98 Å². The topological polar surface area (TPSA) is 71.2 Å². The Morgan fingerprint density at radius 3 is 2.64 bits per heavy atom. The molecular weight excluding hydrogens is 352 g/mol. The van der Waals surface area contributed by atoms with Gasteiger partial charge in [0.25, 0.3) is 5.91 Å². The standard InChI is InChI=1S/C22H24N4O2/c1-15-7-4-5-10-19(15)22(28)11-12-26(14-22)21(27)18-9-6-8-17(13-18)20-23-16(2)25(3)24-20/h4-10,13,28H,11-12,14H2,1-3H3/t22-/m1/s1. The summed E-state index contributed by atoms with van der Waals surface area (Å²) in [5.41, 5.74) is 2.32. The zero-order chi connectivity index (χ0) is 19.9. The van der Waals surface area contributed by atoms with Crippen LogP contribution >= 0.6 is 0 Å². The SMILES string of the molecule is Cc1ccccc1[C@@]1(O)CCN(C(=O)c2cccc(-c3nc(C)n(C)n3)c2)C1. The lowest BCUT2D eigenvalue weighted by Gasteiger charge is -2.25. The lowest BCUT2D eigenvalue weighted by atomic mass is 9.89. The van der Waals surface area contributed by atoms with E-state index >= 15 is 0 Å². The van der Waals surface area contributed by atoms with E-state index in [0.717, 1.165) is 22.5 Å². The number of carbonyl (C=O) groups is 1. The molecule has 1 atom stereocenters. The number of aliphatic hydroxyl groups is 1. The molecule has 1 saturated heterocycles. The number of benzene rings is 2. The summed E-state index contributed by atoms with van der Waals surface area (Å²) >= 11 is 0. The van der Waals surface area contributed by atoms with Gasteiger partial charge in [-0.15, -0.1) is 0 Å². The van der Waals surface area contributed by atoms with Gasteiger partial charge in [-0.2, -0.15) is 5.10 Å². The minimum absolute atomic E-state index is 0.0842. The molecule has 0 saturated carbocycles. The Balaban J connectivity index is 1.57. The highest BCUT2D eigenvalue weighted by atomic mass is 16.3. The predicted octanol–water partition coefficient (Wildman–Crippen LogP) is 2.83. The van der Waals surface area contributed by atoms with Crippen molar-refractivity contribution in [1.82, 2.24) is 19.7 Å². The van der Waals surface area contributed by atoms with E-state index < -0.39 is 5.60 Å². The molecule has 0 bridgehead atoms. The molecular formula is C22H24N4O2. The Labute approximate surface area is 164 Å². The molecule has 0 aliphatic carbocycles. The van der Waals surface area contributed by atoms with E-state index in [0.29, 0.717) is 30.9 Å². The number of β-amino-alcohol motifs (C(OH)–C–C–N with tert-alkyl or cyclic N) is 1. The van der Waals surface area contributed by atoms with Crippen molar-refractivity contribution in [2.24, 2.45) is 7.05 Å². The van der Waals surface area contributed by atoms with Crippen molar-refractivity contribution in [1.29, 1.82) is 0 Å². The van der Waals surface area contributed by atoms with E-state index in [1.165, 1.54) is 0 Å². The van der Waals surface area contributed by atoms with Crippen LogP contribution in [0, 0.1) is 13.8 Å².